The van der Waals surface area contributed by atoms with Crippen molar-refractivity contribution < 1.29 is 13.2 Å². The minimum Gasteiger partial charge on any atom is -0.300 e. The molecule has 0 bridgehead atoms. The van der Waals surface area contributed by atoms with Gasteiger partial charge in [-0.15, -0.1) is 11.6 Å². The zero-order valence-corrected chi connectivity index (χ0v) is 8.07. The fraction of sp³-hybridized carbons (Fsp3) is 0.833. The van der Waals surface area contributed by atoms with Crippen molar-refractivity contribution >= 4 is 27.4 Å². The van der Waals surface area contributed by atoms with Crippen LogP contribution in [0, 0.1) is 0 Å². The molecule has 1 saturated heterocycles. The summed E-state index contributed by atoms with van der Waals surface area (Å²) in [6.07, 6.45) is 0.631. The normalized spacial score (nSPS) is 21.2. The molecule has 0 N–H and O–H groups in total. The largest absolute Gasteiger partial charge is 0.300 e. The number of nitrogens with zero attached hydrogens (tertiary/aromatic N) is 1. The van der Waals surface area contributed by atoms with Gasteiger partial charge in [0.05, 0.1) is 0 Å². The summed E-state index contributed by atoms with van der Waals surface area (Å²) >= 11 is 5.25. The van der Waals surface area contributed by atoms with E-state index in [1.165, 1.54) is 4.31 Å². The summed E-state index contributed by atoms with van der Waals surface area (Å²) in [4.78, 5) is 10.8. The first-order chi connectivity index (χ1) is 5.56. The van der Waals surface area contributed by atoms with Gasteiger partial charge in [0.1, 0.15) is 11.0 Å². The van der Waals surface area contributed by atoms with Gasteiger partial charge in [0.2, 0.25) is 10.0 Å². The Morgan fingerprint density at radius 2 is 1.83 bits per heavy atom. The van der Waals surface area contributed by atoms with Crippen molar-refractivity contribution in [1.29, 1.82) is 0 Å². The van der Waals surface area contributed by atoms with Crippen LogP contribution in [-0.4, -0.2) is 36.8 Å². The number of ketones is 1. The third-order valence-corrected chi connectivity index (χ3v) is 4.07. The van der Waals surface area contributed by atoms with Crippen LogP contribution in [0.4, 0.5) is 0 Å². The summed E-state index contributed by atoms with van der Waals surface area (Å²) in [5.74, 6) is 0.121. The average molecular weight is 212 g/mol. The van der Waals surface area contributed by atoms with Crippen molar-refractivity contribution in [2.24, 2.45) is 0 Å². The SMILES string of the molecule is O=C1CCN(S(=O)(=O)CCl)CC1. The lowest BCUT2D eigenvalue weighted by Crippen LogP contribution is -2.39. The van der Waals surface area contributed by atoms with Gasteiger partial charge in [-0.1, -0.05) is 0 Å². The molecule has 0 unspecified atom stereocenters. The van der Waals surface area contributed by atoms with Crippen molar-refractivity contribution in [2.45, 2.75) is 12.8 Å². The molecule has 70 valence electrons. The van der Waals surface area contributed by atoms with Crippen molar-refractivity contribution in [3.05, 3.63) is 0 Å². The molecule has 0 amide bonds. The topological polar surface area (TPSA) is 54.5 Å². The van der Waals surface area contributed by atoms with E-state index in [-0.39, 0.29) is 18.9 Å². The van der Waals surface area contributed by atoms with Crippen LogP contribution < -0.4 is 0 Å². The van der Waals surface area contributed by atoms with E-state index in [4.69, 9.17) is 11.6 Å². The van der Waals surface area contributed by atoms with Gasteiger partial charge in [0.15, 0.2) is 0 Å². The third-order valence-electron chi connectivity index (χ3n) is 1.81. The molecule has 0 aromatic carbocycles. The lowest BCUT2D eigenvalue weighted by Gasteiger charge is -2.23. The fourth-order valence-corrected chi connectivity index (χ4v) is 2.37. The molecule has 0 aromatic rings. The molecule has 12 heavy (non-hydrogen) atoms. The molecule has 1 heterocycles. The lowest BCUT2D eigenvalue weighted by atomic mass is 10.1. The minimum absolute atomic E-state index is 0.121. The van der Waals surface area contributed by atoms with Crippen LogP contribution in [0.2, 0.25) is 0 Å². The highest BCUT2D eigenvalue weighted by Gasteiger charge is 2.25. The molecule has 1 rings (SSSR count). The predicted molar refractivity (Wildman–Crippen MR) is 45.5 cm³/mol. The molecule has 0 radical (unpaired) electrons. The summed E-state index contributed by atoms with van der Waals surface area (Å²) < 4.78 is 23.6. The van der Waals surface area contributed by atoms with Crippen LogP contribution >= 0.6 is 11.6 Å². The highest BCUT2D eigenvalue weighted by atomic mass is 35.5. The third kappa shape index (κ3) is 2.18. The van der Waals surface area contributed by atoms with Crippen molar-refractivity contribution in [3.8, 4) is 0 Å². The van der Waals surface area contributed by atoms with E-state index in [1.54, 1.807) is 0 Å². The van der Waals surface area contributed by atoms with Gasteiger partial charge in [0, 0.05) is 25.9 Å². The molecule has 0 saturated carbocycles. The van der Waals surface area contributed by atoms with Gasteiger partial charge < -0.3 is 0 Å². The average Bonchev–Trinajstić information content (AvgIpc) is 2.05. The van der Waals surface area contributed by atoms with E-state index in [0.717, 1.165) is 0 Å². The molecule has 1 aliphatic heterocycles. The maximum Gasteiger partial charge on any atom is 0.228 e. The second-order valence-corrected chi connectivity index (χ2v) is 5.21. The zero-order valence-electron chi connectivity index (χ0n) is 6.49. The van der Waals surface area contributed by atoms with Crippen LogP contribution in [0.25, 0.3) is 0 Å². The summed E-state index contributed by atoms with van der Waals surface area (Å²) in [6.45, 7) is 0.571. The minimum atomic E-state index is -3.30. The van der Waals surface area contributed by atoms with Crippen molar-refractivity contribution in [1.82, 2.24) is 4.31 Å². The Bertz CT molecular complexity index is 265. The highest BCUT2D eigenvalue weighted by Crippen LogP contribution is 2.11. The Morgan fingerprint density at radius 3 is 2.25 bits per heavy atom. The fourth-order valence-electron chi connectivity index (χ4n) is 1.08. The number of hydrogen-bond acceptors (Lipinski definition) is 3. The number of halogens is 1. The molecule has 0 spiro atoms. The van der Waals surface area contributed by atoms with E-state index in [2.05, 4.69) is 0 Å². The molecular weight excluding hydrogens is 202 g/mol. The summed E-state index contributed by atoms with van der Waals surface area (Å²) in [5, 5.41) is -0.402. The zero-order chi connectivity index (χ0) is 9.19. The first-order valence-corrected chi connectivity index (χ1v) is 5.76. The smallest absolute Gasteiger partial charge is 0.228 e. The van der Waals surface area contributed by atoms with Crippen LogP contribution in [0.5, 0.6) is 0 Å². The number of alkyl halides is 1. The van der Waals surface area contributed by atoms with Gasteiger partial charge in [-0.3, -0.25) is 4.79 Å². The molecule has 0 aromatic heterocycles. The first-order valence-electron chi connectivity index (χ1n) is 3.62. The van der Waals surface area contributed by atoms with Crippen LogP contribution in [0.1, 0.15) is 12.8 Å². The number of rotatable bonds is 2. The summed E-state index contributed by atoms with van der Waals surface area (Å²) in [7, 11) is -3.30. The summed E-state index contributed by atoms with van der Waals surface area (Å²) in [6, 6.07) is 0. The number of carbonyl (C=O) groups is 1. The Balaban J connectivity index is 2.62. The van der Waals surface area contributed by atoms with Crippen LogP contribution in [0.15, 0.2) is 0 Å². The number of Topliss-reactive ketones (excluding diaryl/α,β-unsaturated/α-hetero) is 1. The van der Waals surface area contributed by atoms with Gasteiger partial charge in [-0.05, 0) is 0 Å². The molecule has 6 heteroatoms. The Kier molecular flexibility index (Phi) is 3.09. The molecule has 0 aliphatic carbocycles. The number of piperidine rings is 1. The molecular formula is C6H10ClNO3S. The van der Waals surface area contributed by atoms with E-state index in [9.17, 15) is 13.2 Å². The van der Waals surface area contributed by atoms with Crippen LogP contribution in [0.3, 0.4) is 0 Å². The standard InChI is InChI=1S/C6H10ClNO3S/c7-5-12(10,11)8-3-1-6(9)2-4-8/h1-5H2. The van der Waals surface area contributed by atoms with Gasteiger partial charge in [0.25, 0.3) is 0 Å². The summed E-state index contributed by atoms with van der Waals surface area (Å²) in [5.41, 5.74) is 0. The maximum atomic E-state index is 11.1. The van der Waals surface area contributed by atoms with Crippen LogP contribution in [-0.2, 0) is 14.8 Å². The highest BCUT2D eigenvalue weighted by molar-refractivity contribution is 7.90. The van der Waals surface area contributed by atoms with Gasteiger partial charge in [-0.2, -0.15) is 0 Å². The first kappa shape index (κ1) is 9.95. The molecule has 1 aliphatic rings. The van der Waals surface area contributed by atoms with E-state index in [1.807, 2.05) is 0 Å². The van der Waals surface area contributed by atoms with Crippen molar-refractivity contribution in [2.75, 3.05) is 18.3 Å². The van der Waals surface area contributed by atoms with Gasteiger partial charge in [-0.25, -0.2) is 12.7 Å². The maximum absolute atomic E-state index is 11.1. The second kappa shape index (κ2) is 3.72. The number of sulfonamides is 1. The van der Waals surface area contributed by atoms with Crippen molar-refractivity contribution in [3.63, 3.8) is 0 Å². The van der Waals surface area contributed by atoms with Gasteiger partial charge >= 0.3 is 0 Å². The molecule has 4 nitrogen and oxygen atoms in total. The van der Waals surface area contributed by atoms with E-state index in [0.29, 0.717) is 12.8 Å². The van der Waals surface area contributed by atoms with E-state index < -0.39 is 15.2 Å². The lowest BCUT2D eigenvalue weighted by molar-refractivity contribution is -0.120. The Hall–Kier alpha value is -0.130. The number of carbonyl (C=O) groups excluding carboxylic acids is 1. The second-order valence-electron chi connectivity index (χ2n) is 2.66. The number of hydrogen-bond donors (Lipinski definition) is 0. The predicted octanol–water partition coefficient (Wildman–Crippen LogP) is 0.177. The Morgan fingerprint density at radius 1 is 1.33 bits per heavy atom. The van der Waals surface area contributed by atoms with E-state index >= 15 is 0 Å². The molecule has 1 fully saturated rings. The quantitative estimate of drug-likeness (QED) is 0.613. The Labute approximate surface area is 76.5 Å². The molecule has 0 atom stereocenters. The monoisotopic (exact) mass is 211 g/mol.